The van der Waals surface area contributed by atoms with Crippen LogP contribution in [-0.4, -0.2) is 11.6 Å². The van der Waals surface area contributed by atoms with Gasteiger partial charge in [0, 0.05) is 11.8 Å². The van der Waals surface area contributed by atoms with Crippen LogP contribution in [0.25, 0.3) is 0 Å². The normalized spacial score (nSPS) is 10.7. The second-order valence-electron chi connectivity index (χ2n) is 4.25. The van der Waals surface area contributed by atoms with E-state index in [4.69, 9.17) is 27.9 Å². The molecule has 0 saturated carbocycles. The van der Waals surface area contributed by atoms with Crippen LogP contribution in [0.1, 0.15) is 22.7 Å². The summed E-state index contributed by atoms with van der Waals surface area (Å²) in [6.07, 6.45) is 1.82. The Bertz CT molecular complexity index is 542. The molecule has 1 heterocycles. The van der Waals surface area contributed by atoms with E-state index in [0.29, 0.717) is 17.5 Å². The molecule has 0 N–H and O–H groups in total. The average molecular weight is 316 g/mol. The van der Waals surface area contributed by atoms with Crippen LogP contribution >= 0.6 is 34.5 Å². The van der Waals surface area contributed by atoms with Crippen molar-refractivity contribution in [2.75, 3.05) is 6.61 Å². The quantitative estimate of drug-likeness (QED) is 0.561. The molecule has 102 valence electrons. The van der Waals surface area contributed by atoms with Gasteiger partial charge in [0.25, 0.3) is 0 Å². The summed E-state index contributed by atoms with van der Waals surface area (Å²) in [6.45, 7) is 2.66. The summed E-state index contributed by atoms with van der Waals surface area (Å²) in [7, 11) is 0. The fraction of sp³-hybridized carbons (Fsp3) is 0.357. The van der Waals surface area contributed by atoms with E-state index in [0.717, 1.165) is 34.9 Å². The molecule has 0 fully saturated rings. The minimum atomic E-state index is 0.478. The lowest BCUT2D eigenvalue weighted by molar-refractivity contribution is 0.311. The van der Waals surface area contributed by atoms with Crippen molar-refractivity contribution in [2.45, 2.75) is 25.6 Å². The zero-order valence-corrected chi connectivity index (χ0v) is 13.0. The van der Waals surface area contributed by atoms with Gasteiger partial charge in [0.1, 0.15) is 5.75 Å². The number of hydrogen-bond acceptors (Lipinski definition) is 3. The van der Waals surface area contributed by atoms with Crippen molar-refractivity contribution in [3.05, 3.63) is 44.9 Å². The van der Waals surface area contributed by atoms with Gasteiger partial charge in [0.15, 0.2) is 0 Å². The van der Waals surface area contributed by atoms with Crippen LogP contribution in [0.5, 0.6) is 5.75 Å². The van der Waals surface area contributed by atoms with Crippen LogP contribution in [0, 0.1) is 6.92 Å². The van der Waals surface area contributed by atoms with Crippen molar-refractivity contribution >= 4 is 34.5 Å². The molecule has 1 aromatic heterocycles. The molecule has 1 aromatic carbocycles. The minimum absolute atomic E-state index is 0.478. The molecule has 5 heteroatoms. The molecule has 0 bridgehead atoms. The Balaban J connectivity index is 1.79. The van der Waals surface area contributed by atoms with Crippen molar-refractivity contribution in [1.29, 1.82) is 0 Å². The molecule has 2 rings (SSSR count). The van der Waals surface area contributed by atoms with Crippen molar-refractivity contribution < 1.29 is 4.74 Å². The summed E-state index contributed by atoms with van der Waals surface area (Å²) in [4.78, 5) is 4.41. The molecular formula is C14H15Cl2NOS. The fourth-order valence-electron chi connectivity index (χ4n) is 1.65. The zero-order valence-electron chi connectivity index (χ0n) is 10.7. The minimum Gasteiger partial charge on any atom is -0.492 e. The van der Waals surface area contributed by atoms with E-state index in [1.807, 2.05) is 30.5 Å². The Kier molecular flexibility index (Phi) is 5.49. The summed E-state index contributed by atoms with van der Waals surface area (Å²) in [6, 6.07) is 5.79. The first-order chi connectivity index (χ1) is 9.19. The number of alkyl halides is 1. The van der Waals surface area contributed by atoms with Crippen LogP contribution in [0.15, 0.2) is 23.6 Å². The van der Waals surface area contributed by atoms with E-state index >= 15 is 0 Å². The predicted octanol–water partition coefficient (Wildman–Crippen LogP) is 4.86. The van der Waals surface area contributed by atoms with E-state index in [2.05, 4.69) is 4.98 Å². The first-order valence-electron chi connectivity index (χ1n) is 6.07. The molecule has 0 amide bonds. The Morgan fingerprint density at radius 1 is 1.37 bits per heavy atom. The monoisotopic (exact) mass is 315 g/mol. The SMILES string of the molecule is Cc1ccc(Cl)c(OCCCc2nc(CCl)cs2)c1. The van der Waals surface area contributed by atoms with Gasteiger partial charge >= 0.3 is 0 Å². The highest BCUT2D eigenvalue weighted by Gasteiger charge is 2.03. The molecule has 2 aromatic rings. The molecule has 19 heavy (non-hydrogen) atoms. The first kappa shape index (κ1) is 14.6. The third-order valence-electron chi connectivity index (χ3n) is 2.62. The maximum atomic E-state index is 6.06. The van der Waals surface area contributed by atoms with E-state index in [1.165, 1.54) is 0 Å². The van der Waals surface area contributed by atoms with E-state index < -0.39 is 0 Å². The highest BCUT2D eigenvalue weighted by molar-refractivity contribution is 7.09. The molecule has 0 aliphatic rings. The highest BCUT2D eigenvalue weighted by atomic mass is 35.5. The highest BCUT2D eigenvalue weighted by Crippen LogP contribution is 2.25. The van der Waals surface area contributed by atoms with Crippen LogP contribution in [-0.2, 0) is 12.3 Å². The largest absolute Gasteiger partial charge is 0.492 e. The Morgan fingerprint density at radius 2 is 2.21 bits per heavy atom. The maximum Gasteiger partial charge on any atom is 0.138 e. The van der Waals surface area contributed by atoms with Gasteiger partial charge in [0.05, 0.1) is 28.2 Å². The van der Waals surface area contributed by atoms with Gasteiger partial charge in [-0.15, -0.1) is 22.9 Å². The topological polar surface area (TPSA) is 22.1 Å². The number of hydrogen-bond donors (Lipinski definition) is 0. The number of ether oxygens (including phenoxy) is 1. The zero-order chi connectivity index (χ0) is 13.7. The third kappa shape index (κ3) is 4.37. The first-order valence-corrected chi connectivity index (χ1v) is 7.86. The molecule has 0 saturated heterocycles. The average Bonchev–Trinajstić information content (AvgIpc) is 2.86. The number of aromatic nitrogens is 1. The predicted molar refractivity (Wildman–Crippen MR) is 81.7 cm³/mol. The second kappa shape index (κ2) is 7.13. The Morgan fingerprint density at radius 3 is 2.95 bits per heavy atom. The Hall–Kier alpha value is -0.770. The summed E-state index contributed by atoms with van der Waals surface area (Å²) in [5, 5.41) is 3.76. The standard InChI is InChI=1S/C14H15Cl2NOS/c1-10-4-5-12(16)13(7-10)18-6-2-3-14-17-11(8-15)9-19-14/h4-5,7,9H,2-3,6,8H2,1H3. The number of nitrogens with zero attached hydrogens (tertiary/aromatic N) is 1. The van der Waals surface area contributed by atoms with E-state index in [-0.39, 0.29) is 0 Å². The van der Waals surface area contributed by atoms with Gasteiger partial charge in [-0.2, -0.15) is 0 Å². The molecule has 0 atom stereocenters. The molecule has 0 radical (unpaired) electrons. The smallest absolute Gasteiger partial charge is 0.138 e. The third-order valence-corrected chi connectivity index (χ3v) is 4.16. The Labute approximate surface area is 127 Å². The number of thiazole rings is 1. The van der Waals surface area contributed by atoms with Crippen LogP contribution in [0.3, 0.4) is 0 Å². The van der Waals surface area contributed by atoms with Crippen molar-refractivity contribution in [2.24, 2.45) is 0 Å². The molecule has 2 nitrogen and oxygen atoms in total. The lowest BCUT2D eigenvalue weighted by Crippen LogP contribution is -2.00. The van der Waals surface area contributed by atoms with Crippen LogP contribution in [0.2, 0.25) is 5.02 Å². The van der Waals surface area contributed by atoms with Gasteiger partial charge in [0.2, 0.25) is 0 Å². The number of rotatable bonds is 6. The summed E-state index contributed by atoms with van der Waals surface area (Å²) in [5.41, 5.74) is 2.09. The summed E-state index contributed by atoms with van der Waals surface area (Å²) < 4.78 is 5.69. The molecule has 0 spiro atoms. The van der Waals surface area contributed by atoms with Crippen molar-refractivity contribution in [3.8, 4) is 5.75 Å². The maximum absolute atomic E-state index is 6.06. The van der Waals surface area contributed by atoms with Gasteiger partial charge < -0.3 is 4.74 Å². The van der Waals surface area contributed by atoms with Gasteiger partial charge in [-0.3, -0.25) is 0 Å². The van der Waals surface area contributed by atoms with E-state index in [9.17, 15) is 0 Å². The van der Waals surface area contributed by atoms with E-state index in [1.54, 1.807) is 11.3 Å². The molecular weight excluding hydrogens is 301 g/mol. The van der Waals surface area contributed by atoms with Gasteiger partial charge in [-0.05, 0) is 31.0 Å². The summed E-state index contributed by atoms with van der Waals surface area (Å²) >= 11 is 13.4. The number of aryl methyl sites for hydroxylation is 2. The van der Waals surface area contributed by atoms with Crippen molar-refractivity contribution in [1.82, 2.24) is 4.98 Å². The fourth-order valence-corrected chi connectivity index (χ4v) is 2.89. The van der Waals surface area contributed by atoms with Gasteiger partial charge in [-0.25, -0.2) is 4.98 Å². The van der Waals surface area contributed by atoms with Crippen LogP contribution < -0.4 is 4.74 Å². The second-order valence-corrected chi connectivity index (χ2v) is 5.87. The molecule has 0 aliphatic carbocycles. The van der Waals surface area contributed by atoms with Gasteiger partial charge in [-0.1, -0.05) is 17.7 Å². The number of benzene rings is 1. The lowest BCUT2D eigenvalue weighted by atomic mass is 10.2. The summed E-state index contributed by atoms with van der Waals surface area (Å²) in [5.74, 6) is 1.23. The number of halogens is 2. The molecule has 0 unspecified atom stereocenters. The van der Waals surface area contributed by atoms with Crippen LogP contribution in [0.4, 0.5) is 0 Å². The van der Waals surface area contributed by atoms with Crippen molar-refractivity contribution in [3.63, 3.8) is 0 Å². The lowest BCUT2D eigenvalue weighted by Gasteiger charge is -2.08. The molecule has 0 aliphatic heterocycles.